The van der Waals surface area contributed by atoms with E-state index in [1.54, 1.807) is 6.20 Å². The van der Waals surface area contributed by atoms with E-state index in [0.717, 1.165) is 18.5 Å². The van der Waals surface area contributed by atoms with Crippen LogP contribution < -0.4 is 5.73 Å². The molecule has 2 N–H and O–H groups in total. The van der Waals surface area contributed by atoms with Crippen LogP contribution in [0.5, 0.6) is 0 Å². The van der Waals surface area contributed by atoms with Crippen molar-refractivity contribution < 1.29 is 0 Å². The average Bonchev–Trinajstić information content (AvgIpc) is 2.19. The summed E-state index contributed by atoms with van der Waals surface area (Å²) in [6.45, 7) is 2.06. The molecule has 1 aromatic heterocycles. The third-order valence-electron chi connectivity index (χ3n) is 3.00. The second-order valence-electron chi connectivity index (χ2n) is 4.27. The molecule has 1 fully saturated rings. The van der Waals surface area contributed by atoms with Gasteiger partial charge in [-0.25, -0.2) is 0 Å². The molecule has 3 heteroatoms. The van der Waals surface area contributed by atoms with Crippen molar-refractivity contribution in [3.8, 4) is 0 Å². The monoisotopic (exact) mass is 191 g/mol. The Morgan fingerprint density at radius 2 is 2.00 bits per heavy atom. The fraction of sp³-hybridized carbons (Fsp3) is 0.636. The first-order chi connectivity index (χ1) is 6.75. The molecular weight excluding hydrogens is 174 g/mol. The van der Waals surface area contributed by atoms with Gasteiger partial charge in [-0.15, -0.1) is 0 Å². The molecule has 0 aromatic carbocycles. The highest BCUT2D eigenvalue weighted by atomic mass is 15.1. The van der Waals surface area contributed by atoms with Crippen molar-refractivity contribution >= 4 is 0 Å². The largest absolute Gasteiger partial charge is 0.328 e. The van der Waals surface area contributed by atoms with Gasteiger partial charge in [0.05, 0.1) is 11.9 Å². The molecule has 1 saturated carbocycles. The van der Waals surface area contributed by atoms with E-state index < -0.39 is 0 Å². The summed E-state index contributed by atoms with van der Waals surface area (Å²) in [5.41, 5.74) is 8.22. The molecule has 0 bridgehead atoms. The third kappa shape index (κ3) is 2.10. The average molecular weight is 191 g/mol. The summed E-state index contributed by atoms with van der Waals surface area (Å²) in [4.78, 5) is 0. The van der Waals surface area contributed by atoms with Crippen molar-refractivity contribution in [2.45, 2.75) is 44.6 Å². The van der Waals surface area contributed by atoms with E-state index in [0.29, 0.717) is 12.0 Å². The zero-order chi connectivity index (χ0) is 9.97. The van der Waals surface area contributed by atoms with E-state index in [4.69, 9.17) is 5.73 Å². The lowest BCUT2D eigenvalue weighted by molar-refractivity contribution is 0.388. The van der Waals surface area contributed by atoms with Gasteiger partial charge >= 0.3 is 0 Å². The number of aryl methyl sites for hydroxylation is 1. The van der Waals surface area contributed by atoms with Crippen molar-refractivity contribution in [3.05, 3.63) is 23.5 Å². The van der Waals surface area contributed by atoms with E-state index in [1.807, 2.05) is 0 Å². The first-order valence-corrected chi connectivity index (χ1v) is 5.30. The first-order valence-electron chi connectivity index (χ1n) is 5.30. The zero-order valence-electron chi connectivity index (χ0n) is 8.61. The van der Waals surface area contributed by atoms with Gasteiger partial charge in [0, 0.05) is 12.0 Å². The molecule has 1 aliphatic rings. The quantitative estimate of drug-likeness (QED) is 0.736. The highest BCUT2D eigenvalue weighted by Crippen LogP contribution is 2.30. The lowest BCUT2D eigenvalue weighted by atomic mass is 9.84. The molecule has 0 unspecified atom stereocenters. The lowest BCUT2D eigenvalue weighted by Gasteiger charge is -2.25. The van der Waals surface area contributed by atoms with Gasteiger partial charge in [-0.05, 0) is 44.2 Å². The SMILES string of the molecule is Cc1cnnc(C2CCC(N)CC2)c1. The van der Waals surface area contributed by atoms with Crippen LogP contribution in [-0.2, 0) is 0 Å². The summed E-state index contributed by atoms with van der Waals surface area (Å²) in [5.74, 6) is 0.585. The van der Waals surface area contributed by atoms with Crippen LogP contribution in [0.4, 0.5) is 0 Å². The van der Waals surface area contributed by atoms with Gasteiger partial charge < -0.3 is 5.73 Å². The van der Waals surface area contributed by atoms with Gasteiger partial charge in [0.25, 0.3) is 0 Å². The maximum Gasteiger partial charge on any atom is 0.0664 e. The minimum Gasteiger partial charge on any atom is -0.328 e. The lowest BCUT2D eigenvalue weighted by Crippen LogP contribution is -2.26. The Morgan fingerprint density at radius 3 is 2.64 bits per heavy atom. The summed E-state index contributed by atoms with van der Waals surface area (Å²) in [6, 6.07) is 2.55. The molecule has 2 rings (SSSR count). The van der Waals surface area contributed by atoms with Crippen LogP contribution in [0, 0.1) is 6.92 Å². The Hall–Kier alpha value is -0.960. The van der Waals surface area contributed by atoms with Gasteiger partial charge in [-0.3, -0.25) is 0 Å². The second kappa shape index (κ2) is 4.05. The van der Waals surface area contributed by atoms with E-state index in [9.17, 15) is 0 Å². The van der Waals surface area contributed by atoms with Crippen LogP contribution in [0.25, 0.3) is 0 Å². The molecular formula is C11H17N3. The van der Waals surface area contributed by atoms with Gasteiger partial charge in [0.1, 0.15) is 0 Å². The normalized spacial score (nSPS) is 27.6. The van der Waals surface area contributed by atoms with E-state index in [1.165, 1.54) is 18.4 Å². The summed E-state index contributed by atoms with van der Waals surface area (Å²) in [6.07, 6.45) is 6.39. The highest BCUT2D eigenvalue weighted by Gasteiger charge is 2.21. The Bertz CT molecular complexity index is 303. The maximum atomic E-state index is 5.87. The Kier molecular flexibility index (Phi) is 2.77. The minimum absolute atomic E-state index is 0.406. The standard InChI is InChI=1S/C11H17N3/c1-8-6-11(14-13-7-8)9-2-4-10(12)5-3-9/h6-7,9-10H,2-5,12H2,1H3. The smallest absolute Gasteiger partial charge is 0.0664 e. The summed E-state index contributed by atoms with van der Waals surface area (Å²) in [5, 5.41) is 8.19. The molecule has 14 heavy (non-hydrogen) atoms. The van der Waals surface area contributed by atoms with E-state index in [-0.39, 0.29) is 0 Å². The predicted molar refractivity (Wildman–Crippen MR) is 56.0 cm³/mol. The van der Waals surface area contributed by atoms with Crippen LogP contribution >= 0.6 is 0 Å². The van der Waals surface area contributed by atoms with Crippen LogP contribution in [0.3, 0.4) is 0 Å². The van der Waals surface area contributed by atoms with Gasteiger partial charge in [0.2, 0.25) is 0 Å². The number of nitrogens with zero attached hydrogens (tertiary/aromatic N) is 2. The summed E-state index contributed by atoms with van der Waals surface area (Å²) < 4.78 is 0. The molecule has 0 spiro atoms. The Labute approximate surface area is 84.7 Å². The predicted octanol–water partition coefficient (Wildman–Crippen LogP) is 1.77. The van der Waals surface area contributed by atoms with Crippen molar-refractivity contribution in [2.24, 2.45) is 5.73 Å². The van der Waals surface area contributed by atoms with E-state index >= 15 is 0 Å². The number of hydrogen-bond donors (Lipinski definition) is 1. The number of hydrogen-bond acceptors (Lipinski definition) is 3. The summed E-state index contributed by atoms with van der Waals surface area (Å²) in [7, 11) is 0. The van der Waals surface area contributed by atoms with Crippen molar-refractivity contribution in [2.75, 3.05) is 0 Å². The Balaban J connectivity index is 2.08. The Morgan fingerprint density at radius 1 is 1.29 bits per heavy atom. The molecule has 0 atom stereocenters. The van der Waals surface area contributed by atoms with Crippen LogP contribution in [-0.4, -0.2) is 16.2 Å². The first kappa shape index (κ1) is 9.59. The van der Waals surface area contributed by atoms with Gasteiger partial charge in [-0.1, -0.05) is 0 Å². The zero-order valence-corrected chi connectivity index (χ0v) is 8.61. The van der Waals surface area contributed by atoms with E-state index in [2.05, 4.69) is 23.2 Å². The van der Waals surface area contributed by atoms with Crippen LogP contribution in [0.1, 0.15) is 42.9 Å². The minimum atomic E-state index is 0.406. The van der Waals surface area contributed by atoms with Crippen molar-refractivity contribution in [1.29, 1.82) is 0 Å². The fourth-order valence-electron chi connectivity index (χ4n) is 2.10. The third-order valence-corrected chi connectivity index (χ3v) is 3.00. The van der Waals surface area contributed by atoms with Crippen LogP contribution in [0.2, 0.25) is 0 Å². The molecule has 1 aromatic rings. The molecule has 3 nitrogen and oxygen atoms in total. The van der Waals surface area contributed by atoms with Crippen molar-refractivity contribution in [3.63, 3.8) is 0 Å². The van der Waals surface area contributed by atoms with Gasteiger partial charge in [0.15, 0.2) is 0 Å². The topological polar surface area (TPSA) is 51.8 Å². The molecule has 0 saturated heterocycles. The number of aromatic nitrogens is 2. The van der Waals surface area contributed by atoms with Crippen LogP contribution in [0.15, 0.2) is 12.3 Å². The highest BCUT2D eigenvalue weighted by molar-refractivity contribution is 5.14. The fourth-order valence-corrected chi connectivity index (χ4v) is 2.10. The maximum absolute atomic E-state index is 5.87. The second-order valence-corrected chi connectivity index (χ2v) is 4.27. The van der Waals surface area contributed by atoms with Gasteiger partial charge in [-0.2, -0.15) is 10.2 Å². The number of nitrogens with two attached hydrogens (primary N) is 1. The molecule has 1 aliphatic carbocycles. The molecule has 76 valence electrons. The molecule has 0 amide bonds. The van der Waals surface area contributed by atoms with Crippen molar-refractivity contribution in [1.82, 2.24) is 10.2 Å². The molecule has 0 aliphatic heterocycles. The number of rotatable bonds is 1. The molecule has 0 radical (unpaired) electrons. The summed E-state index contributed by atoms with van der Waals surface area (Å²) >= 11 is 0. The molecule has 1 heterocycles.